The van der Waals surface area contributed by atoms with Gasteiger partial charge in [0.15, 0.2) is 0 Å². The fourth-order valence-electron chi connectivity index (χ4n) is 1.25. The first-order chi connectivity index (χ1) is 7.54. The number of carbonyl (C=O) groups is 1. The van der Waals surface area contributed by atoms with Crippen LogP contribution in [-0.2, 0) is 0 Å². The molecule has 0 aromatic heterocycles. The summed E-state index contributed by atoms with van der Waals surface area (Å²) in [7, 11) is 1.66. The van der Waals surface area contributed by atoms with Gasteiger partial charge in [0.1, 0.15) is 5.82 Å². The molecule has 0 atom stereocenters. The lowest BCUT2D eigenvalue weighted by Gasteiger charge is -2.16. The third-order valence-electron chi connectivity index (χ3n) is 2.18. The first-order valence-electron chi connectivity index (χ1n) is 4.93. The zero-order chi connectivity index (χ0) is 12.1. The summed E-state index contributed by atoms with van der Waals surface area (Å²) in [6, 6.07) is 4.00. The molecule has 0 radical (unpaired) electrons. The van der Waals surface area contributed by atoms with E-state index < -0.39 is 0 Å². The number of rotatable bonds is 3. The Kier molecular flexibility index (Phi) is 4.05. The van der Waals surface area contributed by atoms with Gasteiger partial charge < -0.3 is 10.2 Å². The van der Waals surface area contributed by atoms with Gasteiger partial charge in [-0.3, -0.25) is 0 Å². The van der Waals surface area contributed by atoms with Crippen molar-refractivity contribution in [3.63, 3.8) is 0 Å². The van der Waals surface area contributed by atoms with E-state index in [2.05, 4.69) is 11.9 Å². The molecule has 0 saturated carbocycles. The summed E-state index contributed by atoms with van der Waals surface area (Å²) in [6.07, 6.45) is 1.64. The summed E-state index contributed by atoms with van der Waals surface area (Å²) in [5.41, 5.74) is 1.31. The molecular formula is C12H15FN2O. The SMILES string of the molecule is C=CCN(C)C(=O)Nc1ccc(F)cc1C. The molecule has 0 unspecified atom stereocenters. The Morgan fingerprint density at radius 2 is 2.31 bits per heavy atom. The van der Waals surface area contributed by atoms with Crippen molar-refractivity contribution >= 4 is 11.7 Å². The number of aryl methyl sites for hydroxylation is 1. The van der Waals surface area contributed by atoms with E-state index in [4.69, 9.17) is 0 Å². The first kappa shape index (κ1) is 12.2. The highest BCUT2D eigenvalue weighted by atomic mass is 19.1. The molecule has 0 fully saturated rings. The highest BCUT2D eigenvalue weighted by Gasteiger charge is 2.08. The molecule has 16 heavy (non-hydrogen) atoms. The Morgan fingerprint density at radius 3 is 2.88 bits per heavy atom. The minimum Gasteiger partial charge on any atom is -0.324 e. The van der Waals surface area contributed by atoms with Crippen molar-refractivity contribution in [2.24, 2.45) is 0 Å². The van der Waals surface area contributed by atoms with Gasteiger partial charge in [-0.05, 0) is 30.7 Å². The number of hydrogen-bond acceptors (Lipinski definition) is 1. The van der Waals surface area contributed by atoms with Crippen LogP contribution in [0.15, 0.2) is 30.9 Å². The van der Waals surface area contributed by atoms with Gasteiger partial charge in [-0.2, -0.15) is 0 Å². The normalized spacial score (nSPS) is 9.69. The molecule has 0 aliphatic heterocycles. The van der Waals surface area contributed by atoms with Crippen molar-refractivity contribution in [1.82, 2.24) is 4.90 Å². The molecule has 0 saturated heterocycles. The van der Waals surface area contributed by atoms with E-state index in [1.165, 1.54) is 17.0 Å². The lowest BCUT2D eigenvalue weighted by atomic mass is 10.2. The first-order valence-corrected chi connectivity index (χ1v) is 4.93. The quantitative estimate of drug-likeness (QED) is 0.783. The Balaban J connectivity index is 2.73. The van der Waals surface area contributed by atoms with Crippen LogP contribution in [0.25, 0.3) is 0 Å². The van der Waals surface area contributed by atoms with Gasteiger partial charge in [0.25, 0.3) is 0 Å². The maximum absolute atomic E-state index is 12.8. The third-order valence-corrected chi connectivity index (χ3v) is 2.18. The van der Waals surface area contributed by atoms with E-state index in [1.807, 2.05) is 0 Å². The van der Waals surface area contributed by atoms with Crippen molar-refractivity contribution in [1.29, 1.82) is 0 Å². The molecule has 0 heterocycles. The van der Waals surface area contributed by atoms with Crippen molar-refractivity contribution < 1.29 is 9.18 Å². The van der Waals surface area contributed by atoms with Crippen molar-refractivity contribution in [2.75, 3.05) is 18.9 Å². The molecule has 3 nitrogen and oxygen atoms in total. The minimum atomic E-state index is -0.310. The molecule has 0 aliphatic rings. The van der Waals surface area contributed by atoms with Crippen LogP contribution in [0.5, 0.6) is 0 Å². The smallest absolute Gasteiger partial charge is 0.321 e. The van der Waals surface area contributed by atoms with Crippen LogP contribution in [0.2, 0.25) is 0 Å². The monoisotopic (exact) mass is 222 g/mol. The topological polar surface area (TPSA) is 32.3 Å². The summed E-state index contributed by atoms with van der Waals surface area (Å²) in [5.74, 6) is -0.310. The molecule has 0 aliphatic carbocycles. The fourth-order valence-corrected chi connectivity index (χ4v) is 1.25. The number of carbonyl (C=O) groups excluding carboxylic acids is 1. The Morgan fingerprint density at radius 1 is 1.62 bits per heavy atom. The Labute approximate surface area is 94.6 Å². The van der Waals surface area contributed by atoms with Crippen LogP contribution in [0.3, 0.4) is 0 Å². The molecule has 1 N–H and O–H groups in total. The van der Waals surface area contributed by atoms with Crippen LogP contribution < -0.4 is 5.32 Å². The average molecular weight is 222 g/mol. The van der Waals surface area contributed by atoms with Gasteiger partial charge in [-0.1, -0.05) is 6.08 Å². The molecule has 86 valence electrons. The summed E-state index contributed by atoms with van der Waals surface area (Å²) >= 11 is 0. The summed E-state index contributed by atoms with van der Waals surface area (Å²) in [4.78, 5) is 13.1. The molecule has 1 aromatic carbocycles. The van der Waals surface area contributed by atoms with Gasteiger partial charge in [0, 0.05) is 19.3 Å². The van der Waals surface area contributed by atoms with E-state index in [-0.39, 0.29) is 11.8 Å². The molecule has 0 bridgehead atoms. The van der Waals surface area contributed by atoms with E-state index in [1.54, 1.807) is 26.1 Å². The van der Waals surface area contributed by atoms with E-state index in [0.29, 0.717) is 17.8 Å². The van der Waals surface area contributed by atoms with Gasteiger partial charge in [-0.25, -0.2) is 9.18 Å². The van der Waals surface area contributed by atoms with Crippen LogP contribution in [0, 0.1) is 12.7 Å². The van der Waals surface area contributed by atoms with Crippen LogP contribution in [0.1, 0.15) is 5.56 Å². The summed E-state index contributed by atoms with van der Waals surface area (Å²) in [5, 5.41) is 2.69. The van der Waals surface area contributed by atoms with Crippen LogP contribution in [0.4, 0.5) is 14.9 Å². The lowest BCUT2D eigenvalue weighted by Crippen LogP contribution is -2.31. The van der Waals surface area contributed by atoms with Crippen molar-refractivity contribution in [2.45, 2.75) is 6.92 Å². The second-order valence-corrected chi connectivity index (χ2v) is 3.56. The van der Waals surface area contributed by atoms with E-state index in [0.717, 1.165) is 0 Å². The standard InChI is InChI=1S/C12H15FN2O/c1-4-7-15(3)12(16)14-11-6-5-10(13)8-9(11)2/h4-6,8H,1,7H2,2-3H3,(H,14,16). The predicted molar refractivity (Wildman–Crippen MR) is 63.0 cm³/mol. The van der Waals surface area contributed by atoms with Crippen LogP contribution in [-0.4, -0.2) is 24.5 Å². The zero-order valence-electron chi connectivity index (χ0n) is 9.46. The van der Waals surface area contributed by atoms with Gasteiger partial charge in [0.2, 0.25) is 0 Å². The maximum Gasteiger partial charge on any atom is 0.321 e. The molecule has 4 heteroatoms. The molecule has 1 rings (SSSR count). The summed E-state index contributed by atoms with van der Waals surface area (Å²) < 4.78 is 12.8. The number of anilines is 1. The third kappa shape index (κ3) is 3.08. The average Bonchev–Trinajstić information content (AvgIpc) is 2.22. The number of halogens is 1. The molecule has 2 amide bonds. The number of nitrogens with one attached hydrogen (secondary N) is 1. The zero-order valence-corrected chi connectivity index (χ0v) is 9.46. The Hall–Kier alpha value is -1.84. The minimum absolute atomic E-state index is 0.241. The number of likely N-dealkylation sites (N-methyl/N-ethyl adjacent to an activating group) is 1. The van der Waals surface area contributed by atoms with Crippen molar-refractivity contribution in [3.05, 3.63) is 42.2 Å². The van der Waals surface area contributed by atoms with Gasteiger partial charge in [0.05, 0.1) is 0 Å². The van der Waals surface area contributed by atoms with Gasteiger partial charge in [-0.15, -0.1) is 6.58 Å². The predicted octanol–water partition coefficient (Wildman–Crippen LogP) is 2.78. The molecule has 0 spiro atoms. The highest BCUT2D eigenvalue weighted by Crippen LogP contribution is 2.15. The number of urea groups is 1. The summed E-state index contributed by atoms with van der Waals surface area (Å²) in [6.45, 7) is 5.75. The second kappa shape index (κ2) is 5.30. The lowest BCUT2D eigenvalue weighted by molar-refractivity contribution is 0.226. The maximum atomic E-state index is 12.8. The van der Waals surface area contributed by atoms with Gasteiger partial charge >= 0.3 is 6.03 Å². The number of benzene rings is 1. The number of hydrogen-bond donors (Lipinski definition) is 1. The number of nitrogens with zero attached hydrogens (tertiary/aromatic N) is 1. The molecule has 1 aromatic rings. The largest absolute Gasteiger partial charge is 0.324 e. The van der Waals surface area contributed by atoms with E-state index >= 15 is 0 Å². The molecular weight excluding hydrogens is 207 g/mol. The van der Waals surface area contributed by atoms with Crippen LogP contribution >= 0.6 is 0 Å². The fraction of sp³-hybridized carbons (Fsp3) is 0.250. The van der Waals surface area contributed by atoms with E-state index in [9.17, 15) is 9.18 Å². The highest BCUT2D eigenvalue weighted by molar-refractivity contribution is 5.90. The Bertz CT molecular complexity index is 404. The van der Waals surface area contributed by atoms with Crippen molar-refractivity contribution in [3.8, 4) is 0 Å². The second-order valence-electron chi connectivity index (χ2n) is 3.56. The number of amides is 2.